The highest BCUT2D eigenvalue weighted by atomic mass is 32.1. The lowest BCUT2D eigenvalue weighted by molar-refractivity contribution is 0.840. The molecule has 0 bridgehead atoms. The Labute approximate surface area is 126 Å². The first-order chi connectivity index (χ1) is 9.92. The summed E-state index contributed by atoms with van der Waals surface area (Å²) < 4.78 is 0. The van der Waals surface area contributed by atoms with Gasteiger partial charge in [0.1, 0.15) is 0 Å². The lowest BCUT2D eigenvalue weighted by Crippen LogP contribution is -2.11. The van der Waals surface area contributed by atoms with Gasteiger partial charge in [0.05, 0.1) is 11.4 Å². The maximum absolute atomic E-state index is 4.61. The molecule has 102 valence electrons. The Morgan fingerprint density at radius 2 is 1.20 bits per heavy atom. The molecule has 0 spiro atoms. The van der Waals surface area contributed by atoms with E-state index >= 15 is 0 Å². The van der Waals surface area contributed by atoms with Crippen LogP contribution in [-0.2, 0) is 12.8 Å². The monoisotopic (exact) mass is 300 g/mol. The van der Waals surface area contributed by atoms with E-state index in [1.54, 1.807) is 0 Å². The van der Waals surface area contributed by atoms with E-state index in [1.165, 1.54) is 58.0 Å². The maximum Gasteiger partial charge on any atom is 0.0714 e. The minimum absolute atomic E-state index is 1.07. The van der Waals surface area contributed by atoms with Crippen LogP contribution in [0.5, 0.6) is 0 Å². The van der Waals surface area contributed by atoms with Crippen molar-refractivity contribution in [2.24, 2.45) is 10.2 Å². The predicted octanol–water partition coefficient (Wildman–Crippen LogP) is 4.68. The van der Waals surface area contributed by atoms with Gasteiger partial charge in [0.15, 0.2) is 0 Å². The van der Waals surface area contributed by atoms with Crippen molar-refractivity contribution in [3.05, 3.63) is 43.8 Å². The zero-order valence-electron chi connectivity index (χ0n) is 11.3. The van der Waals surface area contributed by atoms with E-state index in [1.807, 2.05) is 22.7 Å². The SMILES string of the molecule is c1cc2c(s1)CCC/C2=N\N=C1/CCCc2sccc21. The average molecular weight is 300 g/mol. The van der Waals surface area contributed by atoms with Gasteiger partial charge in [0, 0.05) is 20.9 Å². The molecular weight excluding hydrogens is 284 g/mol. The lowest BCUT2D eigenvalue weighted by Gasteiger charge is -2.14. The summed E-state index contributed by atoms with van der Waals surface area (Å²) in [4.78, 5) is 2.96. The van der Waals surface area contributed by atoms with Gasteiger partial charge in [0.25, 0.3) is 0 Å². The predicted molar refractivity (Wildman–Crippen MR) is 87.6 cm³/mol. The van der Waals surface area contributed by atoms with Crippen LogP contribution in [0.4, 0.5) is 0 Å². The van der Waals surface area contributed by atoms with E-state index in [2.05, 4.69) is 33.1 Å². The molecule has 0 aliphatic heterocycles. The Morgan fingerprint density at radius 1 is 0.700 bits per heavy atom. The first kappa shape index (κ1) is 12.5. The van der Waals surface area contributed by atoms with Crippen molar-refractivity contribution in [2.45, 2.75) is 38.5 Å². The van der Waals surface area contributed by atoms with E-state index in [9.17, 15) is 0 Å². The Hall–Kier alpha value is -1.26. The molecule has 2 nitrogen and oxygen atoms in total. The van der Waals surface area contributed by atoms with Gasteiger partial charge in [-0.1, -0.05) is 0 Å². The number of thiophene rings is 2. The molecule has 2 aromatic heterocycles. The number of hydrogen-bond acceptors (Lipinski definition) is 4. The number of aryl methyl sites for hydroxylation is 2. The number of fused-ring (bicyclic) bond motifs is 2. The van der Waals surface area contributed by atoms with Crippen LogP contribution in [0.15, 0.2) is 33.1 Å². The molecular formula is C16H16N2S2. The normalized spacial score (nSPS) is 22.0. The van der Waals surface area contributed by atoms with Gasteiger partial charge in [-0.05, 0) is 61.4 Å². The van der Waals surface area contributed by atoms with Crippen LogP contribution in [0.1, 0.15) is 46.6 Å². The van der Waals surface area contributed by atoms with Crippen molar-refractivity contribution in [3.8, 4) is 0 Å². The standard InChI is InChI=1S/C16H16N2S2/c1-3-13(11-7-9-19-15(11)5-1)17-18-14-4-2-6-16-12(14)8-10-20-16/h7-10H,1-6H2/b17-13+,18-14+. The second kappa shape index (κ2) is 5.26. The van der Waals surface area contributed by atoms with Crippen LogP contribution >= 0.6 is 22.7 Å². The van der Waals surface area contributed by atoms with E-state index in [0.717, 1.165) is 12.8 Å². The Balaban J connectivity index is 1.69. The van der Waals surface area contributed by atoms with Gasteiger partial charge in [0.2, 0.25) is 0 Å². The van der Waals surface area contributed by atoms with E-state index in [4.69, 9.17) is 0 Å². The third-order valence-electron chi connectivity index (χ3n) is 4.04. The van der Waals surface area contributed by atoms with Crippen molar-refractivity contribution in [1.29, 1.82) is 0 Å². The summed E-state index contributed by atoms with van der Waals surface area (Å²) in [6.45, 7) is 0. The molecule has 0 saturated carbocycles. The molecule has 4 rings (SSSR count). The van der Waals surface area contributed by atoms with Gasteiger partial charge in [-0.15, -0.1) is 22.7 Å². The van der Waals surface area contributed by atoms with Crippen LogP contribution in [-0.4, -0.2) is 11.4 Å². The molecule has 2 aliphatic rings. The topological polar surface area (TPSA) is 24.7 Å². The molecule has 0 atom stereocenters. The van der Waals surface area contributed by atoms with E-state index in [0.29, 0.717) is 0 Å². The minimum atomic E-state index is 1.07. The molecule has 0 radical (unpaired) electrons. The first-order valence-electron chi connectivity index (χ1n) is 7.19. The Bertz CT molecular complexity index is 631. The summed E-state index contributed by atoms with van der Waals surface area (Å²) in [5, 5.41) is 13.6. The van der Waals surface area contributed by atoms with Crippen LogP contribution in [0.2, 0.25) is 0 Å². The van der Waals surface area contributed by atoms with Gasteiger partial charge in [-0.2, -0.15) is 10.2 Å². The van der Waals surface area contributed by atoms with Crippen molar-refractivity contribution in [1.82, 2.24) is 0 Å². The van der Waals surface area contributed by atoms with Gasteiger partial charge >= 0.3 is 0 Å². The molecule has 0 saturated heterocycles. The van der Waals surface area contributed by atoms with Crippen molar-refractivity contribution >= 4 is 34.1 Å². The molecule has 4 heteroatoms. The lowest BCUT2D eigenvalue weighted by atomic mass is 9.97. The highest BCUT2D eigenvalue weighted by molar-refractivity contribution is 7.10. The zero-order chi connectivity index (χ0) is 13.4. The molecule has 20 heavy (non-hydrogen) atoms. The fraction of sp³-hybridized carbons (Fsp3) is 0.375. The summed E-state index contributed by atoms with van der Waals surface area (Å²) in [5.41, 5.74) is 5.05. The molecule has 2 aromatic rings. The van der Waals surface area contributed by atoms with Gasteiger partial charge in [-0.3, -0.25) is 0 Å². The zero-order valence-corrected chi connectivity index (χ0v) is 12.9. The third kappa shape index (κ3) is 2.17. The number of hydrogen-bond donors (Lipinski definition) is 0. The summed E-state index contributed by atoms with van der Waals surface area (Å²) in [7, 11) is 0. The molecule has 2 aliphatic carbocycles. The smallest absolute Gasteiger partial charge is 0.0714 e. The Kier molecular flexibility index (Phi) is 3.28. The average Bonchev–Trinajstić information content (AvgIpc) is 3.13. The van der Waals surface area contributed by atoms with Crippen LogP contribution in [0, 0.1) is 0 Å². The third-order valence-corrected chi connectivity index (χ3v) is 6.00. The number of nitrogens with zero attached hydrogens (tertiary/aromatic N) is 2. The Morgan fingerprint density at radius 3 is 1.70 bits per heavy atom. The second-order valence-corrected chi connectivity index (χ2v) is 7.32. The fourth-order valence-corrected chi connectivity index (χ4v) is 4.90. The largest absolute Gasteiger partial charge is 0.155 e. The first-order valence-corrected chi connectivity index (χ1v) is 8.94. The van der Waals surface area contributed by atoms with Crippen LogP contribution < -0.4 is 0 Å². The van der Waals surface area contributed by atoms with Crippen LogP contribution in [0.25, 0.3) is 0 Å². The summed E-state index contributed by atoms with van der Waals surface area (Å²) in [6, 6.07) is 4.41. The van der Waals surface area contributed by atoms with Crippen molar-refractivity contribution in [3.63, 3.8) is 0 Å². The van der Waals surface area contributed by atoms with Crippen molar-refractivity contribution in [2.75, 3.05) is 0 Å². The minimum Gasteiger partial charge on any atom is -0.155 e. The van der Waals surface area contributed by atoms with E-state index < -0.39 is 0 Å². The van der Waals surface area contributed by atoms with Gasteiger partial charge < -0.3 is 0 Å². The summed E-state index contributed by atoms with van der Waals surface area (Å²) in [6.07, 6.45) is 6.96. The number of rotatable bonds is 1. The molecule has 0 aromatic carbocycles. The highest BCUT2D eigenvalue weighted by Gasteiger charge is 2.18. The molecule has 0 fully saturated rings. The summed E-state index contributed by atoms with van der Waals surface area (Å²) in [5.74, 6) is 0. The second-order valence-electron chi connectivity index (χ2n) is 5.32. The molecule has 0 amide bonds. The van der Waals surface area contributed by atoms with Crippen molar-refractivity contribution < 1.29 is 0 Å². The van der Waals surface area contributed by atoms with E-state index in [-0.39, 0.29) is 0 Å². The molecule has 0 unspecified atom stereocenters. The fourth-order valence-electron chi connectivity index (χ4n) is 3.01. The van der Waals surface area contributed by atoms with Gasteiger partial charge in [-0.25, -0.2) is 0 Å². The highest BCUT2D eigenvalue weighted by Crippen LogP contribution is 2.28. The molecule has 2 heterocycles. The maximum atomic E-state index is 4.61. The quantitative estimate of drug-likeness (QED) is 0.683. The molecule has 0 N–H and O–H groups in total. The van der Waals surface area contributed by atoms with Crippen LogP contribution in [0.3, 0.4) is 0 Å². The summed E-state index contributed by atoms with van der Waals surface area (Å²) >= 11 is 3.71.